The van der Waals surface area contributed by atoms with Crippen molar-refractivity contribution in [2.45, 2.75) is 26.7 Å². The zero-order valence-corrected chi connectivity index (χ0v) is 8.95. The number of carboxylic acids is 1. The van der Waals surface area contributed by atoms with Crippen LogP contribution in [-0.2, 0) is 14.4 Å². The predicted molar refractivity (Wildman–Crippen MR) is 55.4 cm³/mol. The van der Waals surface area contributed by atoms with E-state index in [1.54, 1.807) is 0 Å². The molecule has 5 heteroatoms. The largest absolute Gasteiger partial charge is 0.478 e. The van der Waals surface area contributed by atoms with Crippen molar-refractivity contribution in [1.29, 1.82) is 0 Å². The molecule has 0 saturated heterocycles. The molecule has 15 heavy (non-hydrogen) atoms. The van der Waals surface area contributed by atoms with Gasteiger partial charge in [0.25, 0.3) is 0 Å². The minimum Gasteiger partial charge on any atom is -0.478 e. The number of nitrogens with zero attached hydrogens (tertiary/aromatic N) is 1. The van der Waals surface area contributed by atoms with Crippen LogP contribution >= 0.6 is 0 Å². The van der Waals surface area contributed by atoms with E-state index >= 15 is 0 Å². The molecule has 0 fully saturated rings. The third-order valence-electron chi connectivity index (χ3n) is 1.12. The number of hydrogen-bond acceptors (Lipinski definition) is 4. The maximum Gasteiger partial charge on any atom is 0.330 e. The third kappa shape index (κ3) is 18.9. The Bertz CT molecular complexity index is 273. The number of hydrogen-bond donors (Lipinski definition) is 1. The average Bonchev–Trinajstić information content (AvgIpc) is 2.11. The lowest BCUT2D eigenvalue weighted by Gasteiger charge is -1.95. The molecule has 0 amide bonds. The molecule has 0 saturated carbocycles. The summed E-state index contributed by atoms with van der Waals surface area (Å²) in [5.74, 6) is -0.833. The first-order valence-electron chi connectivity index (χ1n) is 4.33. The van der Waals surface area contributed by atoms with Crippen molar-refractivity contribution in [3.63, 3.8) is 0 Å². The second-order valence-electron chi connectivity index (χ2n) is 2.89. The Morgan fingerprint density at radius 2 is 1.87 bits per heavy atom. The van der Waals surface area contributed by atoms with Gasteiger partial charge >= 0.3 is 5.97 Å². The van der Waals surface area contributed by atoms with E-state index in [1.807, 2.05) is 0 Å². The van der Waals surface area contributed by atoms with Crippen LogP contribution < -0.4 is 0 Å². The van der Waals surface area contributed by atoms with E-state index in [1.165, 1.54) is 19.9 Å². The van der Waals surface area contributed by atoms with Crippen LogP contribution in [0.3, 0.4) is 0 Å². The number of isocyanates is 1. The summed E-state index contributed by atoms with van der Waals surface area (Å²) in [5.41, 5.74) is 0.145. The molecule has 0 aliphatic heterocycles. The second kappa shape index (κ2) is 10.3. The van der Waals surface area contributed by atoms with E-state index in [9.17, 15) is 14.4 Å². The minimum atomic E-state index is -1.000. The van der Waals surface area contributed by atoms with Crippen molar-refractivity contribution in [1.82, 2.24) is 0 Å². The summed E-state index contributed by atoms with van der Waals surface area (Å²) in [5, 5.41) is 8.33. The topological polar surface area (TPSA) is 83.8 Å². The van der Waals surface area contributed by atoms with Crippen LogP contribution in [0.5, 0.6) is 0 Å². The van der Waals surface area contributed by atoms with Gasteiger partial charge in [0.1, 0.15) is 5.78 Å². The Kier molecular flexibility index (Phi) is 10.8. The highest BCUT2D eigenvalue weighted by Crippen LogP contribution is 2.01. The van der Waals surface area contributed by atoms with Crippen LogP contribution in [-0.4, -0.2) is 29.5 Å². The molecule has 0 aromatic rings. The Labute approximate surface area is 88.5 Å². The normalized spacial score (nSPS) is 7.87. The number of carboxylic acid groups (broad SMARTS) is 1. The Balaban J connectivity index is 0. The van der Waals surface area contributed by atoms with Crippen LogP contribution in [0.4, 0.5) is 0 Å². The first-order valence-corrected chi connectivity index (χ1v) is 4.33. The number of Topliss-reactive ketones (excluding diaryl/α,β-unsaturated/α-hetero) is 1. The minimum absolute atomic E-state index is 0.145. The highest BCUT2D eigenvalue weighted by molar-refractivity contribution is 5.85. The van der Waals surface area contributed by atoms with E-state index in [-0.39, 0.29) is 11.4 Å². The van der Waals surface area contributed by atoms with Crippen molar-refractivity contribution in [3.05, 3.63) is 12.2 Å². The molecule has 0 unspecified atom stereocenters. The van der Waals surface area contributed by atoms with Gasteiger partial charge in [0.2, 0.25) is 6.08 Å². The lowest BCUT2D eigenvalue weighted by Crippen LogP contribution is -1.99. The van der Waals surface area contributed by atoms with Gasteiger partial charge in [-0.2, -0.15) is 0 Å². The summed E-state index contributed by atoms with van der Waals surface area (Å²) in [6.45, 7) is 6.68. The average molecular weight is 213 g/mol. The lowest BCUT2D eigenvalue weighted by atomic mass is 10.2. The second-order valence-corrected chi connectivity index (χ2v) is 2.89. The van der Waals surface area contributed by atoms with Gasteiger partial charge in [-0.25, -0.2) is 14.6 Å². The summed E-state index contributed by atoms with van der Waals surface area (Å²) in [7, 11) is 0. The number of aliphatic imine (C=N–C) groups is 1. The van der Waals surface area contributed by atoms with E-state index in [0.717, 1.165) is 0 Å². The highest BCUT2D eigenvalue weighted by Gasteiger charge is 2.01. The third-order valence-corrected chi connectivity index (χ3v) is 1.12. The number of aliphatic carboxylic acids is 1. The molecule has 0 radical (unpaired) electrons. The van der Waals surface area contributed by atoms with Gasteiger partial charge in [0.05, 0.1) is 6.54 Å². The van der Waals surface area contributed by atoms with Crippen LogP contribution in [0.15, 0.2) is 17.1 Å². The molecule has 0 atom stereocenters. The molecule has 1 N–H and O–H groups in total. The fraction of sp³-hybridized carbons (Fsp3) is 0.500. The molecule has 0 spiro atoms. The van der Waals surface area contributed by atoms with Gasteiger partial charge in [0, 0.05) is 5.57 Å². The number of carbonyl (C=O) groups is 2. The maximum atomic E-state index is 10.2. The van der Waals surface area contributed by atoms with E-state index in [2.05, 4.69) is 11.6 Å². The standard InChI is InChI=1S/C7H9NO3.C3H6O/c1-6(7(10)11)3-2-4-8-5-9;1-3(2)4/h1-4H2,(H,10,11);1-2H3. The molecule has 84 valence electrons. The Morgan fingerprint density at radius 1 is 1.40 bits per heavy atom. The first-order chi connectivity index (χ1) is 6.91. The van der Waals surface area contributed by atoms with Gasteiger partial charge in [-0.3, -0.25) is 0 Å². The van der Waals surface area contributed by atoms with Crippen LogP contribution in [0.25, 0.3) is 0 Å². The summed E-state index contributed by atoms with van der Waals surface area (Å²) >= 11 is 0. The fourth-order valence-electron chi connectivity index (χ4n) is 0.524. The van der Waals surface area contributed by atoms with Crippen LogP contribution in [0.1, 0.15) is 26.7 Å². The fourth-order valence-corrected chi connectivity index (χ4v) is 0.524. The van der Waals surface area contributed by atoms with E-state index in [4.69, 9.17) is 5.11 Å². The molecule has 0 rings (SSSR count). The molecule has 0 aliphatic rings. The summed E-state index contributed by atoms with van der Waals surface area (Å²) in [6, 6.07) is 0. The Hall–Kier alpha value is -1.74. The quantitative estimate of drug-likeness (QED) is 0.323. The van der Waals surface area contributed by atoms with E-state index < -0.39 is 5.97 Å². The highest BCUT2D eigenvalue weighted by atomic mass is 16.4. The van der Waals surface area contributed by atoms with Gasteiger partial charge < -0.3 is 9.90 Å². The van der Waals surface area contributed by atoms with Gasteiger partial charge in [0.15, 0.2) is 0 Å². The van der Waals surface area contributed by atoms with Crippen molar-refractivity contribution < 1.29 is 19.5 Å². The lowest BCUT2D eigenvalue weighted by molar-refractivity contribution is -0.132. The summed E-state index contributed by atoms with van der Waals surface area (Å²) < 4.78 is 0. The maximum absolute atomic E-state index is 10.2. The first kappa shape index (κ1) is 15.7. The monoisotopic (exact) mass is 213 g/mol. The van der Waals surface area contributed by atoms with Crippen molar-refractivity contribution in [2.75, 3.05) is 6.54 Å². The summed E-state index contributed by atoms with van der Waals surface area (Å²) in [4.78, 5) is 32.4. The molecular weight excluding hydrogens is 198 g/mol. The SMILES string of the molecule is C=C(CCCN=C=O)C(=O)O.CC(C)=O. The zero-order valence-electron chi connectivity index (χ0n) is 8.95. The van der Waals surface area contributed by atoms with Gasteiger partial charge in [-0.05, 0) is 26.7 Å². The van der Waals surface area contributed by atoms with Crippen molar-refractivity contribution in [2.24, 2.45) is 4.99 Å². The van der Waals surface area contributed by atoms with Crippen LogP contribution in [0.2, 0.25) is 0 Å². The number of ketones is 1. The summed E-state index contributed by atoms with van der Waals surface area (Å²) in [6.07, 6.45) is 2.26. The van der Waals surface area contributed by atoms with E-state index in [0.29, 0.717) is 19.4 Å². The van der Waals surface area contributed by atoms with Gasteiger partial charge in [-0.1, -0.05) is 6.58 Å². The zero-order chi connectivity index (χ0) is 12.3. The molecule has 0 aromatic heterocycles. The van der Waals surface area contributed by atoms with Gasteiger partial charge in [-0.15, -0.1) is 0 Å². The van der Waals surface area contributed by atoms with Crippen LogP contribution in [0, 0.1) is 0 Å². The molecule has 0 heterocycles. The number of rotatable bonds is 5. The van der Waals surface area contributed by atoms with Crippen molar-refractivity contribution >= 4 is 17.8 Å². The Morgan fingerprint density at radius 3 is 2.20 bits per heavy atom. The smallest absolute Gasteiger partial charge is 0.330 e. The molecule has 0 bridgehead atoms. The molecule has 0 aromatic carbocycles. The molecule has 5 nitrogen and oxygen atoms in total. The predicted octanol–water partition coefficient (Wildman–Crippen LogP) is 1.34. The van der Waals surface area contributed by atoms with Crippen molar-refractivity contribution in [3.8, 4) is 0 Å². The number of carbonyl (C=O) groups excluding carboxylic acids is 2. The molecular formula is C10H15NO4. The molecule has 0 aliphatic carbocycles.